The Bertz CT molecular complexity index is 165. The van der Waals surface area contributed by atoms with E-state index < -0.39 is 0 Å². The van der Waals surface area contributed by atoms with Gasteiger partial charge >= 0.3 is 5.97 Å². The third kappa shape index (κ3) is 4.61. The van der Waals surface area contributed by atoms with E-state index in [1.165, 1.54) is 19.3 Å². The summed E-state index contributed by atoms with van der Waals surface area (Å²) in [5, 5.41) is 3.35. The molecule has 0 amide bonds. The molecule has 82 valence electrons. The molecule has 1 fully saturated rings. The standard InChI is InChI=1S/C11H21NO2/c1-2-11(13)14-9-3-4-10-5-7-12-8-6-10/h10,12H,2-9H2,1H3. The highest BCUT2D eigenvalue weighted by Gasteiger charge is 2.12. The maximum Gasteiger partial charge on any atom is 0.305 e. The van der Waals surface area contributed by atoms with Crippen molar-refractivity contribution in [2.75, 3.05) is 19.7 Å². The SMILES string of the molecule is CCC(=O)OCCCC1CCNCC1. The lowest BCUT2D eigenvalue weighted by Gasteiger charge is -2.22. The number of hydrogen-bond acceptors (Lipinski definition) is 3. The Balaban J connectivity index is 1.94. The molecule has 0 aromatic heterocycles. The summed E-state index contributed by atoms with van der Waals surface area (Å²) in [6.45, 7) is 4.74. The van der Waals surface area contributed by atoms with E-state index in [9.17, 15) is 4.79 Å². The number of ether oxygens (including phenoxy) is 1. The number of rotatable bonds is 5. The van der Waals surface area contributed by atoms with Crippen molar-refractivity contribution in [1.29, 1.82) is 0 Å². The summed E-state index contributed by atoms with van der Waals surface area (Å²) in [6, 6.07) is 0. The van der Waals surface area contributed by atoms with E-state index in [2.05, 4.69) is 5.32 Å². The maximum absolute atomic E-state index is 10.8. The fourth-order valence-electron chi connectivity index (χ4n) is 1.83. The van der Waals surface area contributed by atoms with E-state index in [1.54, 1.807) is 0 Å². The molecule has 0 aliphatic carbocycles. The Morgan fingerprint density at radius 1 is 1.43 bits per heavy atom. The average Bonchev–Trinajstić information content (AvgIpc) is 2.25. The first-order valence-corrected chi connectivity index (χ1v) is 5.69. The van der Waals surface area contributed by atoms with Crippen LogP contribution in [0.15, 0.2) is 0 Å². The molecule has 14 heavy (non-hydrogen) atoms. The van der Waals surface area contributed by atoms with Crippen molar-refractivity contribution < 1.29 is 9.53 Å². The molecule has 1 aliphatic rings. The smallest absolute Gasteiger partial charge is 0.305 e. The molecule has 0 aromatic carbocycles. The lowest BCUT2D eigenvalue weighted by Crippen LogP contribution is -2.27. The fraction of sp³-hybridized carbons (Fsp3) is 0.909. The Morgan fingerprint density at radius 2 is 2.14 bits per heavy atom. The second kappa shape index (κ2) is 6.82. The van der Waals surface area contributed by atoms with E-state index in [0.29, 0.717) is 13.0 Å². The van der Waals surface area contributed by atoms with Crippen molar-refractivity contribution in [3.05, 3.63) is 0 Å². The Hall–Kier alpha value is -0.570. The topological polar surface area (TPSA) is 38.3 Å². The van der Waals surface area contributed by atoms with Crippen LogP contribution in [0, 0.1) is 5.92 Å². The van der Waals surface area contributed by atoms with Gasteiger partial charge in [0, 0.05) is 6.42 Å². The summed E-state index contributed by atoms with van der Waals surface area (Å²) < 4.78 is 5.03. The molecule has 1 aliphatic heterocycles. The monoisotopic (exact) mass is 199 g/mol. The fourth-order valence-corrected chi connectivity index (χ4v) is 1.83. The molecule has 1 saturated heterocycles. The van der Waals surface area contributed by atoms with E-state index in [1.807, 2.05) is 6.92 Å². The van der Waals surface area contributed by atoms with Crippen LogP contribution in [0.1, 0.15) is 39.0 Å². The van der Waals surface area contributed by atoms with Crippen LogP contribution in [0.5, 0.6) is 0 Å². The normalized spacial score (nSPS) is 18.1. The van der Waals surface area contributed by atoms with Crippen LogP contribution in [0.3, 0.4) is 0 Å². The minimum Gasteiger partial charge on any atom is -0.466 e. The van der Waals surface area contributed by atoms with Crippen molar-refractivity contribution in [2.24, 2.45) is 5.92 Å². The molecule has 3 nitrogen and oxygen atoms in total. The van der Waals surface area contributed by atoms with Crippen molar-refractivity contribution >= 4 is 5.97 Å². The number of nitrogens with one attached hydrogen (secondary N) is 1. The van der Waals surface area contributed by atoms with E-state index in [0.717, 1.165) is 25.4 Å². The molecular weight excluding hydrogens is 178 g/mol. The minimum absolute atomic E-state index is 0.0738. The van der Waals surface area contributed by atoms with E-state index in [-0.39, 0.29) is 5.97 Å². The number of carbonyl (C=O) groups is 1. The molecule has 3 heteroatoms. The van der Waals surface area contributed by atoms with Crippen LogP contribution >= 0.6 is 0 Å². The van der Waals surface area contributed by atoms with Gasteiger partial charge in [-0.2, -0.15) is 0 Å². The van der Waals surface area contributed by atoms with Crippen molar-refractivity contribution in [2.45, 2.75) is 39.0 Å². The number of piperidine rings is 1. The van der Waals surface area contributed by atoms with E-state index >= 15 is 0 Å². The van der Waals surface area contributed by atoms with Crippen LogP contribution < -0.4 is 5.32 Å². The summed E-state index contributed by atoms with van der Waals surface area (Å²) in [5.74, 6) is 0.770. The van der Waals surface area contributed by atoms with Gasteiger partial charge in [-0.1, -0.05) is 6.92 Å². The van der Waals surface area contributed by atoms with Gasteiger partial charge in [-0.25, -0.2) is 0 Å². The zero-order valence-electron chi connectivity index (χ0n) is 9.05. The summed E-state index contributed by atoms with van der Waals surface area (Å²) >= 11 is 0. The maximum atomic E-state index is 10.8. The highest BCUT2D eigenvalue weighted by molar-refractivity contribution is 5.68. The van der Waals surface area contributed by atoms with Gasteiger partial charge in [-0.15, -0.1) is 0 Å². The quantitative estimate of drug-likeness (QED) is 0.541. The summed E-state index contributed by atoms with van der Waals surface area (Å²) in [5.41, 5.74) is 0. The Kier molecular flexibility index (Phi) is 5.60. The highest BCUT2D eigenvalue weighted by Crippen LogP contribution is 2.17. The first-order valence-electron chi connectivity index (χ1n) is 5.69. The first-order chi connectivity index (χ1) is 6.83. The van der Waals surface area contributed by atoms with Gasteiger partial charge in [-0.3, -0.25) is 4.79 Å². The largest absolute Gasteiger partial charge is 0.466 e. The zero-order chi connectivity index (χ0) is 10.2. The Labute approximate surface area is 86.2 Å². The first kappa shape index (κ1) is 11.5. The van der Waals surface area contributed by atoms with Gasteiger partial charge in [0.2, 0.25) is 0 Å². The summed E-state index contributed by atoms with van der Waals surface area (Å²) in [6.07, 6.45) is 5.28. The summed E-state index contributed by atoms with van der Waals surface area (Å²) in [7, 11) is 0. The molecule has 0 bridgehead atoms. The summed E-state index contributed by atoms with van der Waals surface area (Å²) in [4.78, 5) is 10.8. The molecule has 0 unspecified atom stereocenters. The van der Waals surface area contributed by atoms with Gasteiger partial charge in [0.05, 0.1) is 6.61 Å². The molecule has 1 rings (SSSR count). The van der Waals surface area contributed by atoms with Crippen LogP contribution in [0.2, 0.25) is 0 Å². The molecule has 0 spiro atoms. The third-order valence-electron chi connectivity index (χ3n) is 2.77. The number of esters is 1. The van der Waals surface area contributed by atoms with Gasteiger partial charge < -0.3 is 10.1 Å². The molecular formula is C11H21NO2. The van der Waals surface area contributed by atoms with Gasteiger partial charge in [0.25, 0.3) is 0 Å². The van der Waals surface area contributed by atoms with Crippen LogP contribution in [0.4, 0.5) is 0 Å². The van der Waals surface area contributed by atoms with Gasteiger partial charge in [0.1, 0.15) is 0 Å². The average molecular weight is 199 g/mol. The lowest BCUT2D eigenvalue weighted by atomic mass is 9.93. The molecule has 0 atom stereocenters. The van der Waals surface area contributed by atoms with Gasteiger partial charge in [0.15, 0.2) is 0 Å². The lowest BCUT2D eigenvalue weighted by molar-refractivity contribution is -0.143. The van der Waals surface area contributed by atoms with E-state index in [4.69, 9.17) is 4.74 Å². The second-order valence-corrected chi connectivity index (χ2v) is 3.91. The third-order valence-corrected chi connectivity index (χ3v) is 2.77. The number of carbonyl (C=O) groups excluding carboxylic acids is 1. The zero-order valence-corrected chi connectivity index (χ0v) is 9.05. The van der Waals surface area contributed by atoms with Crippen LogP contribution in [-0.4, -0.2) is 25.7 Å². The highest BCUT2D eigenvalue weighted by atomic mass is 16.5. The molecule has 1 heterocycles. The second-order valence-electron chi connectivity index (χ2n) is 3.91. The van der Waals surface area contributed by atoms with Crippen LogP contribution in [0.25, 0.3) is 0 Å². The van der Waals surface area contributed by atoms with Gasteiger partial charge in [-0.05, 0) is 44.7 Å². The predicted molar refractivity (Wildman–Crippen MR) is 56.1 cm³/mol. The van der Waals surface area contributed by atoms with Crippen molar-refractivity contribution in [1.82, 2.24) is 5.32 Å². The van der Waals surface area contributed by atoms with Crippen molar-refractivity contribution in [3.63, 3.8) is 0 Å². The predicted octanol–water partition coefficient (Wildman–Crippen LogP) is 1.72. The Morgan fingerprint density at radius 3 is 2.79 bits per heavy atom. The molecule has 0 radical (unpaired) electrons. The molecule has 1 N–H and O–H groups in total. The molecule has 0 aromatic rings. The number of hydrogen-bond donors (Lipinski definition) is 1. The van der Waals surface area contributed by atoms with Crippen molar-refractivity contribution in [3.8, 4) is 0 Å². The molecule has 0 saturated carbocycles. The minimum atomic E-state index is -0.0738. The van der Waals surface area contributed by atoms with Crippen LogP contribution in [-0.2, 0) is 9.53 Å².